The molecule has 8 nitrogen and oxygen atoms in total. The Balaban J connectivity index is 1.82. The quantitative estimate of drug-likeness (QED) is 0.440. The Labute approximate surface area is 157 Å². The number of nitro groups is 1. The summed E-state index contributed by atoms with van der Waals surface area (Å²) in [6.45, 7) is 3.20. The first-order valence-corrected chi connectivity index (χ1v) is 8.49. The molecule has 0 amide bonds. The third-order valence-corrected chi connectivity index (χ3v) is 4.31. The van der Waals surface area contributed by atoms with Crippen molar-refractivity contribution in [2.24, 2.45) is 4.99 Å². The van der Waals surface area contributed by atoms with Crippen molar-refractivity contribution in [1.29, 1.82) is 0 Å². The second-order valence-corrected chi connectivity index (χ2v) is 5.90. The standard InChI is InChI=1S/C19H21N3O5/c1-25-18-12-19(26-2)17(22(23)24)11-14(18)13-20-15-3-5-16(6-4-15)21-7-9-27-10-8-21/h3-6,11-13H,7-10H2,1-2H3. The van der Waals surface area contributed by atoms with E-state index in [-0.39, 0.29) is 11.4 Å². The Morgan fingerprint density at radius 3 is 2.37 bits per heavy atom. The number of hydrogen-bond donors (Lipinski definition) is 0. The zero-order valence-corrected chi connectivity index (χ0v) is 15.3. The monoisotopic (exact) mass is 371 g/mol. The molecule has 0 saturated carbocycles. The molecule has 0 atom stereocenters. The summed E-state index contributed by atoms with van der Waals surface area (Å²) >= 11 is 0. The van der Waals surface area contributed by atoms with E-state index in [0.717, 1.165) is 37.7 Å². The molecule has 8 heteroatoms. The maximum Gasteiger partial charge on any atom is 0.311 e. The summed E-state index contributed by atoms with van der Waals surface area (Å²) in [4.78, 5) is 17.4. The lowest BCUT2D eigenvalue weighted by Crippen LogP contribution is -2.36. The van der Waals surface area contributed by atoms with Crippen molar-refractivity contribution in [1.82, 2.24) is 0 Å². The van der Waals surface area contributed by atoms with Crippen LogP contribution in [0, 0.1) is 10.1 Å². The summed E-state index contributed by atoms with van der Waals surface area (Å²) < 4.78 is 15.7. The first kappa shape index (κ1) is 18.7. The van der Waals surface area contributed by atoms with E-state index in [4.69, 9.17) is 14.2 Å². The molecule has 2 aromatic carbocycles. The highest BCUT2D eigenvalue weighted by Gasteiger charge is 2.18. The first-order valence-electron chi connectivity index (χ1n) is 8.49. The van der Waals surface area contributed by atoms with Gasteiger partial charge in [-0.15, -0.1) is 0 Å². The molecule has 1 heterocycles. The predicted molar refractivity (Wildman–Crippen MR) is 103 cm³/mol. The highest BCUT2D eigenvalue weighted by molar-refractivity contribution is 5.87. The van der Waals surface area contributed by atoms with Crippen LogP contribution >= 0.6 is 0 Å². The molecule has 142 valence electrons. The van der Waals surface area contributed by atoms with Crippen molar-refractivity contribution < 1.29 is 19.1 Å². The number of nitro benzene ring substituents is 1. The number of ether oxygens (including phenoxy) is 3. The largest absolute Gasteiger partial charge is 0.496 e. The number of aliphatic imine (C=N–C) groups is 1. The number of rotatable bonds is 6. The van der Waals surface area contributed by atoms with Gasteiger partial charge >= 0.3 is 5.69 Å². The van der Waals surface area contributed by atoms with Crippen molar-refractivity contribution >= 4 is 23.3 Å². The molecule has 27 heavy (non-hydrogen) atoms. The van der Waals surface area contributed by atoms with E-state index in [2.05, 4.69) is 9.89 Å². The van der Waals surface area contributed by atoms with Crippen LogP contribution in [0.15, 0.2) is 41.4 Å². The van der Waals surface area contributed by atoms with E-state index in [9.17, 15) is 10.1 Å². The lowest BCUT2D eigenvalue weighted by atomic mass is 10.1. The summed E-state index contributed by atoms with van der Waals surface area (Å²) in [7, 11) is 2.88. The van der Waals surface area contributed by atoms with Gasteiger partial charge in [-0.25, -0.2) is 0 Å². The second-order valence-electron chi connectivity index (χ2n) is 5.90. The number of morpholine rings is 1. The summed E-state index contributed by atoms with van der Waals surface area (Å²) in [5, 5.41) is 11.2. The molecule has 1 saturated heterocycles. The molecule has 1 fully saturated rings. The van der Waals surface area contributed by atoms with E-state index in [1.54, 1.807) is 6.21 Å². The molecule has 0 bridgehead atoms. The fourth-order valence-electron chi connectivity index (χ4n) is 2.86. The van der Waals surface area contributed by atoms with Gasteiger partial charge in [-0.2, -0.15) is 0 Å². The van der Waals surface area contributed by atoms with Crippen LogP contribution in [0.3, 0.4) is 0 Å². The number of nitrogens with zero attached hydrogens (tertiary/aromatic N) is 3. The minimum atomic E-state index is -0.493. The molecule has 1 aliphatic heterocycles. The third-order valence-electron chi connectivity index (χ3n) is 4.31. The van der Waals surface area contributed by atoms with Crippen LogP contribution in [0.25, 0.3) is 0 Å². The van der Waals surface area contributed by atoms with Gasteiger partial charge in [0, 0.05) is 42.7 Å². The number of benzene rings is 2. The van der Waals surface area contributed by atoms with Crippen molar-refractivity contribution in [2.75, 3.05) is 45.4 Å². The van der Waals surface area contributed by atoms with E-state index in [1.807, 2.05) is 24.3 Å². The summed E-state index contributed by atoms with van der Waals surface area (Å²) in [5.41, 5.74) is 2.23. The minimum absolute atomic E-state index is 0.137. The van der Waals surface area contributed by atoms with Gasteiger partial charge in [-0.1, -0.05) is 0 Å². The van der Waals surface area contributed by atoms with E-state index in [1.165, 1.54) is 26.4 Å². The minimum Gasteiger partial charge on any atom is -0.496 e. The lowest BCUT2D eigenvalue weighted by Gasteiger charge is -2.28. The molecule has 0 N–H and O–H groups in total. The summed E-state index contributed by atoms with van der Waals surface area (Å²) in [6, 6.07) is 10.7. The Kier molecular flexibility index (Phi) is 5.87. The van der Waals surface area contributed by atoms with Crippen LogP contribution in [0.1, 0.15) is 5.56 Å². The van der Waals surface area contributed by atoms with Crippen LogP contribution < -0.4 is 14.4 Å². The van der Waals surface area contributed by atoms with Crippen LogP contribution in [-0.4, -0.2) is 51.7 Å². The Morgan fingerprint density at radius 2 is 1.78 bits per heavy atom. The van der Waals surface area contributed by atoms with Crippen molar-refractivity contribution in [3.8, 4) is 11.5 Å². The SMILES string of the molecule is COc1cc(OC)c([N+](=O)[O-])cc1C=Nc1ccc(N2CCOCC2)cc1. The highest BCUT2D eigenvalue weighted by atomic mass is 16.6. The van der Waals surface area contributed by atoms with E-state index >= 15 is 0 Å². The molecule has 2 aromatic rings. The fraction of sp³-hybridized carbons (Fsp3) is 0.316. The Hall–Kier alpha value is -3.13. The molecule has 0 aliphatic carbocycles. The normalized spacial score (nSPS) is 14.4. The molecule has 0 spiro atoms. The maximum atomic E-state index is 11.2. The zero-order chi connectivity index (χ0) is 19.2. The molecule has 0 radical (unpaired) electrons. The van der Waals surface area contributed by atoms with Crippen molar-refractivity contribution in [3.63, 3.8) is 0 Å². The van der Waals surface area contributed by atoms with Gasteiger partial charge < -0.3 is 19.1 Å². The van der Waals surface area contributed by atoms with Gasteiger partial charge in [-0.3, -0.25) is 15.1 Å². The predicted octanol–water partition coefficient (Wildman–Crippen LogP) is 3.20. The molecular formula is C19H21N3O5. The van der Waals surface area contributed by atoms with E-state index < -0.39 is 4.92 Å². The molecule has 1 aliphatic rings. The fourth-order valence-corrected chi connectivity index (χ4v) is 2.86. The molecular weight excluding hydrogens is 350 g/mol. The summed E-state index contributed by atoms with van der Waals surface area (Å²) in [6.07, 6.45) is 1.55. The van der Waals surface area contributed by atoms with Crippen LogP contribution in [-0.2, 0) is 4.74 Å². The average Bonchev–Trinajstić information content (AvgIpc) is 2.72. The van der Waals surface area contributed by atoms with Gasteiger partial charge in [0.05, 0.1) is 38.0 Å². The van der Waals surface area contributed by atoms with Crippen molar-refractivity contribution in [2.45, 2.75) is 0 Å². The Morgan fingerprint density at radius 1 is 1.11 bits per heavy atom. The van der Waals surface area contributed by atoms with Gasteiger partial charge in [-0.05, 0) is 24.3 Å². The second kappa shape index (κ2) is 8.50. The van der Waals surface area contributed by atoms with Gasteiger partial charge in [0.25, 0.3) is 0 Å². The molecule has 0 aromatic heterocycles. The average molecular weight is 371 g/mol. The molecule has 3 rings (SSSR count). The molecule has 0 unspecified atom stereocenters. The van der Waals surface area contributed by atoms with Crippen LogP contribution in [0.4, 0.5) is 17.1 Å². The topological polar surface area (TPSA) is 86.4 Å². The van der Waals surface area contributed by atoms with E-state index in [0.29, 0.717) is 11.3 Å². The van der Waals surface area contributed by atoms with Gasteiger partial charge in [0.2, 0.25) is 5.75 Å². The number of hydrogen-bond acceptors (Lipinski definition) is 7. The number of anilines is 1. The van der Waals surface area contributed by atoms with Crippen LogP contribution in [0.2, 0.25) is 0 Å². The van der Waals surface area contributed by atoms with Crippen molar-refractivity contribution in [3.05, 3.63) is 52.1 Å². The van der Waals surface area contributed by atoms with Gasteiger partial charge in [0.1, 0.15) is 5.75 Å². The first-order chi connectivity index (χ1) is 13.1. The van der Waals surface area contributed by atoms with Gasteiger partial charge in [0.15, 0.2) is 0 Å². The van der Waals surface area contributed by atoms with Crippen LogP contribution in [0.5, 0.6) is 11.5 Å². The highest BCUT2D eigenvalue weighted by Crippen LogP contribution is 2.34. The third kappa shape index (κ3) is 4.35. The maximum absolute atomic E-state index is 11.2. The number of methoxy groups -OCH3 is 2. The smallest absolute Gasteiger partial charge is 0.311 e. The summed E-state index contributed by atoms with van der Waals surface area (Å²) in [5.74, 6) is 0.593. The zero-order valence-electron chi connectivity index (χ0n) is 15.3. The lowest BCUT2D eigenvalue weighted by molar-refractivity contribution is -0.385. The Bertz CT molecular complexity index is 830.